The van der Waals surface area contributed by atoms with Crippen molar-refractivity contribution < 1.29 is 18.3 Å². The van der Waals surface area contributed by atoms with E-state index in [2.05, 4.69) is 5.43 Å². The van der Waals surface area contributed by atoms with E-state index in [1.165, 1.54) is 12.1 Å². The summed E-state index contributed by atoms with van der Waals surface area (Å²) in [5.74, 6) is 5.79. The highest BCUT2D eigenvalue weighted by molar-refractivity contribution is 5.78. The first-order valence-corrected chi connectivity index (χ1v) is 5.96. The zero-order chi connectivity index (χ0) is 13.7. The molecular weight excluding hydrogens is 251 g/mol. The molecule has 0 saturated carbocycles. The SMILES string of the molecule is COCCOCC(NN)c1cc2cc(F)ccc2o1. The average Bonchev–Trinajstić information content (AvgIpc) is 2.81. The normalized spacial score (nSPS) is 13.0. The van der Waals surface area contributed by atoms with Gasteiger partial charge in [-0.3, -0.25) is 5.84 Å². The first kappa shape index (κ1) is 14.0. The Kier molecular flexibility index (Phi) is 4.86. The number of hydrogen-bond donors (Lipinski definition) is 2. The number of rotatable bonds is 7. The molecule has 5 nitrogen and oxygen atoms in total. The lowest BCUT2D eigenvalue weighted by atomic mass is 10.2. The molecule has 0 aliphatic rings. The van der Waals surface area contributed by atoms with Crippen LogP contribution in [0.5, 0.6) is 0 Å². The molecule has 19 heavy (non-hydrogen) atoms. The molecule has 1 unspecified atom stereocenters. The van der Waals surface area contributed by atoms with Crippen molar-refractivity contribution >= 4 is 11.0 Å². The summed E-state index contributed by atoms with van der Waals surface area (Å²) < 4.78 is 29.0. The highest BCUT2D eigenvalue weighted by Crippen LogP contribution is 2.24. The van der Waals surface area contributed by atoms with Crippen molar-refractivity contribution in [3.05, 3.63) is 35.8 Å². The van der Waals surface area contributed by atoms with E-state index in [9.17, 15) is 4.39 Å². The van der Waals surface area contributed by atoms with Crippen LogP contribution in [0.25, 0.3) is 11.0 Å². The quantitative estimate of drug-likeness (QED) is 0.455. The lowest BCUT2D eigenvalue weighted by molar-refractivity contribution is 0.0557. The van der Waals surface area contributed by atoms with Crippen LogP contribution in [-0.4, -0.2) is 26.9 Å². The monoisotopic (exact) mass is 268 g/mol. The van der Waals surface area contributed by atoms with E-state index in [4.69, 9.17) is 19.7 Å². The van der Waals surface area contributed by atoms with Gasteiger partial charge in [-0.1, -0.05) is 0 Å². The van der Waals surface area contributed by atoms with Gasteiger partial charge in [-0.2, -0.15) is 0 Å². The molecule has 1 heterocycles. The average molecular weight is 268 g/mol. The van der Waals surface area contributed by atoms with Crippen LogP contribution in [0.4, 0.5) is 4.39 Å². The fraction of sp³-hybridized carbons (Fsp3) is 0.385. The van der Waals surface area contributed by atoms with Gasteiger partial charge in [-0.25, -0.2) is 9.82 Å². The van der Waals surface area contributed by atoms with Crippen LogP contribution < -0.4 is 11.3 Å². The smallest absolute Gasteiger partial charge is 0.134 e. The third kappa shape index (κ3) is 3.51. The lowest BCUT2D eigenvalue weighted by Crippen LogP contribution is -2.31. The largest absolute Gasteiger partial charge is 0.459 e. The van der Waals surface area contributed by atoms with Crippen molar-refractivity contribution in [2.45, 2.75) is 6.04 Å². The number of hydrazine groups is 1. The molecule has 2 rings (SSSR count). The van der Waals surface area contributed by atoms with E-state index in [-0.39, 0.29) is 11.9 Å². The van der Waals surface area contributed by atoms with E-state index >= 15 is 0 Å². The van der Waals surface area contributed by atoms with E-state index in [0.29, 0.717) is 36.6 Å². The Labute approximate surface area is 110 Å². The number of ether oxygens (including phenoxy) is 2. The van der Waals surface area contributed by atoms with Gasteiger partial charge in [0, 0.05) is 12.5 Å². The predicted molar refractivity (Wildman–Crippen MR) is 68.9 cm³/mol. The zero-order valence-corrected chi connectivity index (χ0v) is 10.7. The third-order valence-corrected chi connectivity index (χ3v) is 2.76. The van der Waals surface area contributed by atoms with Crippen molar-refractivity contribution in [2.75, 3.05) is 26.9 Å². The predicted octanol–water partition coefficient (Wildman–Crippen LogP) is 1.74. The van der Waals surface area contributed by atoms with Crippen molar-refractivity contribution in [1.82, 2.24) is 5.43 Å². The van der Waals surface area contributed by atoms with E-state index in [1.807, 2.05) is 0 Å². The first-order chi connectivity index (χ1) is 9.24. The minimum absolute atomic E-state index is 0.285. The molecule has 0 aliphatic heterocycles. The minimum atomic E-state index is -0.298. The Morgan fingerprint density at radius 2 is 2.21 bits per heavy atom. The number of nitrogens with two attached hydrogens (primary N) is 1. The summed E-state index contributed by atoms with van der Waals surface area (Å²) in [6, 6.07) is 5.83. The molecule has 0 fully saturated rings. The van der Waals surface area contributed by atoms with Crippen molar-refractivity contribution in [3.8, 4) is 0 Å². The second kappa shape index (κ2) is 6.63. The fourth-order valence-corrected chi connectivity index (χ4v) is 1.76. The standard InChI is InChI=1S/C13H17FN2O3/c1-17-4-5-18-8-11(16-15)13-7-9-6-10(14)2-3-12(9)19-13/h2-3,6-7,11,16H,4-5,8,15H2,1H3. The highest BCUT2D eigenvalue weighted by Gasteiger charge is 2.15. The van der Waals surface area contributed by atoms with Crippen LogP contribution in [0.15, 0.2) is 28.7 Å². The molecule has 1 aromatic carbocycles. The van der Waals surface area contributed by atoms with Crippen LogP contribution in [-0.2, 0) is 9.47 Å². The van der Waals surface area contributed by atoms with Gasteiger partial charge in [0.05, 0.1) is 19.8 Å². The van der Waals surface area contributed by atoms with Gasteiger partial charge in [-0.05, 0) is 24.3 Å². The summed E-state index contributed by atoms with van der Waals surface area (Å²) in [4.78, 5) is 0. The summed E-state index contributed by atoms with van der Waals surface area (Å²) in [6.45, 7) is 1.34. The second-order valence-electron chi connectivity index (χ2n) is 4.12. The van der Waals surface area contributed by atoms with E-state index < -0.39 is 0 Å². The Balaban J connectivity index is 2.07. The molecule has 0 amide bonds. The topological polar surface area (TPSA) is 69.7 Å². The third-order valence-electron chi connectivity index (χ3n) is 2.76. The molecule has 1 aromatic heterocycles. The van der Waals surface area contributed by atoms with Crippen molar-refractivity contribution in [3.63, 3.8) is 0 Å². The summed E-state index contributed by atoms with van der Waals surface area (Å²) in [5, 5.41) is 0.701. The number of hydrogen-bond acceptors (Lipinski definition) is 5. The fourth-order valence-electron chi connectivity index (χ4n) is 1.76. The number of nitrogens with one attached hydrogen (secondary N) is 1. The highest BCUT2D eigenvalue weighted by atomic mass is 19.1. The summed E-state index contributed by atoms with van der Waals surface area (Å²) in [5.41, 5.74) is 3.24. The van der Waals surface area contributed by atoms with Gasteiger partial charge in [-0.15, -0.1) is 0 Å². The molecule has 0 spiro atoms. The molecule has 6 heteroatoms. The summed E-state index contributed by atoms with van der Waals surface area (Å²) in [6.07, 6.45) is 0. The van der Waals surface area contributed by atoms with Crippen molar-refractivity contribution in [1.29, 1.82) is 0 Å². The maximum Gasteiger partial charge on any atom is 0.134 e. The van der Waals surface area contributed by atoms with Gasteiger partial charge in [0.2, 0.25) is 0 Å². The van der Waals surface area contributed by atoms with Gasteiger partial charge < -0.3 is 13.9 Å². The van der Waals surface area contributed by atoms with Crippen LogP contribution in [0.2, 0.25) is 0 Å². The van der Waals surface area contributed by atoms with E-state index in [0.717, 1.165) is 0 Å². The van der Waals surface area contributed by atoms with Crippen LogP contribution in [0, 0.1) is 5.82 Å². The molecule has 0 saturated heterocycles. The Morgan fingerprint density at radius 3 is 2.95 bits per heavy atom. The molecule has 0 radical (unpaired) electrons. The van der Waals surface area contributed by atoms with Crippen LogP contribution in [0.3, 0.4) is 0 Å². The van der Waals surface area contributed by atoms with Crippen molar-refractivity contribution in [2.24, 2.45) is 5.84 Å². The van der Waals surface area contributed by atoms with Gasteiger partial charge in [0.15, 0.2) is 0 Å². The summed E-state index contributed by atoms with van der Waals surface area (Å²) in [7, 11) is 1.61. The molecular formula is C13H17FN2O3. The van der Waals surface area contributed by atoms with Crippen LogP contribution >= 0.6 is 0 Å². The lowest BCUT2D eigenvalue weighted by Gasteiger charge is -2.13. The molecule has 104 valence electrons. The maximum absolute atomic E-state index is 13.1. The number of benzene rings is 1. The number of furan rings is 1. The molecule has 0 bridgehead atoms. The number of halogens is 1. The molecule has 0 aliphatic carbocycles. The molecule has 1 atom stereocenters. The molecule has 2 aromatic rings. The number of fused-ring (bicyclic) bond motifs is 1. The maximum atomic E-state index is 13.1. The van der Waals surface area contributed by atoms with Gasteiger partial charge in [0.25, 0.3) is 0 Å². The van der Waals surface area contributed by atoms with Gasteiger partial charge in [0.1, 0.15) is 23.2 Å². The Bertz CT molecular complexity index is 530. The minimum Gasteiger partial charge on any atom is -0.459 e. The molecule has 3 N–H and O–H groups in total. The van der Waals surface area contributed by atoms with Gasteiger partial charge >= 0.3 is 0 Å². The van der Waals surface area contributed by atoms with E-state index in [1.54, 1.807) is 19.2 Å². The number of methoxy groups -OCH3 is 1. The Hall–Kier alpha value is -1.47. The first-order valence-electron chi connectivity index (χ1n) is 5.96. The Morgan fingerprint density at radius 1 is 1.37 bits per heavy atom. The second-order valence-corrected chi connectivity index (χ2v) is 4.12. The summed E-state index contributed by atoms with van der Waals surface area (Å²) >= 11 is 0. The zero-order valence-electron chi connectivity index (χ0n) is 10.7. The van der Waals surface area contributed by atoms with Crippen LogP contribution in [0.1, 0.15) is 11.8 Å².